The molecule has 0 radical (unpaired) electrons. The maximum absolute atomic E-state index is 11.4. The average Bonchev–Trinajstić information content (AvgIpc) is 3.08. The molecule has 0 saturated heterocycles. The van der Waals surface area contributed by atoms with Crippen LogP contribution in [0.15, 0.2) is 6.20 Å². The van der Waals surface area contributed by atoms with E-state index in [2.05, 4.69) is 20.6 Å². The van der Waals surface area contributed by atoms with Crippen LogP contribution in [0.5, 0.6) is 0 Å². The second-order valence-corrected chi connectivity index (χ2v) is 4.18. The molecule has 1 aliphatic heterocycles. The number of fused-ring (bicyclic) bond motifs is 1. The largest absolute Gasteiger partial charge is 0.351 e. The number of hydrogen-bond acceptors (Lipinski definition) is 4. The molecule has 0 spiro atoms. The van der Waals surface area contributed by atoms with Gasteiger partial charge in [-0.15, -0.1) is 0 Å². The second kappa shape index (κ2) is 3.33. The number of carbonyl (C=O) groups excluding carboxylic acids is 1. The highest BCUT2D eigenvalue weighted by molar-refractivity contribution is 5.93. The highest BCUT2D eigenvalue weighted by Crippen LogP contribution is 2.25. The van der Waals surface area contributed by atoms with Gasteiger partial charge in [0.05, 0.1) is 0 Å². The lowest BCUT2D eigenvalue weighted by Crippen LogP contribution is -2.42. The number of carbonyl (C=O) groups is 1. The predicted octanol–water partition coefficient (Wildman–Crippen LogP) is 0.710. The van der Waals surface area contributed by atoms with Gasteiger partial charge >= 0.3 is 6.03 Å². The summed E-state index contributed by atoms with van der Waals surface area (Å²) in [6.45, 7) is 0.502. The predicted molar refractivity (Wildman–Crippen MR) is 59.3 cm³/mol. The molecule has 1 aromatic rings. The summed E-state index contributed by atoms with van der Waals surface area (Å²) < 4.78 is 0. The summed E-state index contributed by atoms with van der Waals surface area (Å²) in [4.78, 5) is 21.5. The average molecular weight is 219 g/mol. The zero-order valence-corrected chi connectivity index (χ0v) is 9.03. The Morgan fingerprint density at radius 3 is 3.12 bits per heavy atom. The van der Waals surface area contributed by atoms with E-state index in [1.807, 2.05) is 0 Å². The van der Waals surface area contributed by atoms with Crippen molar-refractivity contribution in [2.75, 3.05) is 17.3 Å². The van der Waals surface area contributed by atoms with E-state index in [0.717, 1.165) is 5.56 Å². The van der Waals surface area contributed by atoms with Crippen LogP contribution in [-0.4, -0.2) is 29.1 Å². The number of nitrogens with zero attached hydrogens (tertiary/aromatic N) is 3. The second-order valence-electron chi connectivity index (χ2n) is 4.18. The van der Waals surface area contributed by atoms with Gasteiger partial charge in [-0.1, -0.05) is 0 Å². The number of rotatable bonds is 2. The lowest BCUT2D eigenvalue weighted by atomic mass is 10.2. The van der Waals surface area contributed by atoms with Crippen molar-refractivity contribution >= 4 is 17.8 Å². The Morgan fingerprint density at radius 2 is 2.38 bits per heavy atom. The molecule has 1 fully saturated rings. The first kappa shape index (κ1) is 9.38. The molecule has 2 aliphatic rings. The van der Waals surface area contributed by atoms with Gasteiger partial charge in [0.1, 0.15) is 5.82 Å². The lowest BCUT2D eigenvalue weighted by Gasteiger charge is -2.25. The minimum atomic E-state index is -0.122. The van der Waals surface area contributed by atoms with Crippen LogP contribution in [0.3, 0.4) is 0 Å². The van der Waals surface area contributed by atoms with Gasteiger partial charge in [0, 0.05) is 31.4 Å². The van der Waals surface area contributed by atoms with E-state index in [1.54, 1.807) is 13.2 Å². The summed E-state index contributed by atoms with van der Waals surface area (Å²) in [5, 5.41) is 5.97. The summed E-state index contributed by atoms with van der Waals surface area (Å²) in [6, 6.07) is 0.393. The molecule has 0 bridgehead atoms. The highest BCUT2D eigenvalue weighted by Gasteiger charge is 2.25. The first-order valence-electron chi connectivity index (χ1n) is 5.38. The minimum absolute atomic E-state index is 0.122. The number of anilines is 2. The molecule has 1 aliphatic carbocycles. The quantitative estimate of drug-likeness (QED) is 0.768. The Balaban J connectivity index is 1.92. The lowest BCUT2D eigenvalue weighted by molar-refractivity contribution is 0.245. The van der Waals surface area contributed by atoms with E-state index >= 15 is 0 Å². The third-order valence-corrected chi connectivity index (χ3v) is 2.80. The Labute approximate surface area is 93.1 Å². The summed E-state index contributed by atoms with van der Waals surface area (Å²) in [5.41, 5.74) is 0.948. The molecule has 0 atom stereocenters. The molecule has 2 heterocycles. The molecule has 2 N–H and O–H groups in total. The molecule has 0 aromatic carbocycles. The molecule has 0 unspecified atom stereocenters. The van der Waals surface area contributed by atoms with Gasteiger partial charge < -0.3 is 10.6 Å². The fraction of sp³-hybridized carbons (Fsp3) is 0.500. The van der Waals surface area contributed by atoms with Crippen LogP contribution in [0.1, 0.15) is 18.4 Å². The van der Waals surface area contributed by atoms with E-state index in [4.69, 9.17) is 0 Å². The van der Waals surface area contributed by atoms with Crippen molar-refractivity contribution in [3.05, 3.63) is 11.8 Å². The summed E-state index contributed by atoms with van der Waals surface area (Å²) >= 11 is 0. The van der Waals surface area contributed by atoms with Crippen LogP contribution in [0.4, 0.5) is 16.6 Å². The molecule has 2 amide bonds. The van der Waals surface area contributed by atoms with Crippen molar-refractivity contribution in [3.8, 4) is 0 Å². The molecule has 84 valence electrons. The summed E-state index contributed by atoms with van der Waals surface area (Å²) in [7, 11) is 1.71. The van der Waals surface area contributed by atoms with Crippen LogP contribution in [0.25, 0.3) is 0 Å². The van der Waals surface area contributed by atoms with Gasteiger partial charge in [-0.3, -0.25) is 4.90 Å². The van der Waals surface area contributed by atoms with Crippen molar-refractivity contribution in [2.24, 2.45) is 0 Å². The zero-order chi connectivity index (χ0) is 11.1. The molecule has 3 rings (SSSR count). The molecule has 1 aromatic heterocycles. The minimum Gasteiger partial charge on any atom is -0.351 e. The van der Waals surface area contributed by atoms with Crippen LogP contribution < -0.4 is 15.5 Å². The number of hydrogen-bond donors (Lipinski definition) is 2. The molecule has 6 nitrogen and oxygen atoms in total. The van der Waals surface area contributed by atoms with E-state index in [1.165, 1.54) is 17.7 Å². The zero-order valence-electron chi connectivity index (χ0n) is 9.03. The number of amides is 2. The normalized spacial score (nSPS) is 19.1. The smallest absolute Gasteiger partial charge is 0.323 e. The van der Waals surface area contributed by atoms with Crippen molar-refractivity contribution in [1.82, 2.24) is 15.3 Å². The molecule has 1 saturated carbocycles. The highest BCUT2D eigenvalue weighted by atomic mass is 16.2. The SMILES string of the molecule is CN1C(=O)NCc2cnc(NC3CC3)nc21. The fourth-order valence-corrected chi connectivity index (χ4v) is 1.68. The van der Waals surface area contributed by atoms with E-state index < -0.39 is 0 Å². The van der Waals surface area contributed by atoms with Crippen molar-refractivity contribution in [3.63, 3.8) is 0 Å². The van der Waals surface area contributed by atoms with Crippen molar-refractivity contribution in [1.29, 1.82) is 0 Å². The third-order valence-electron chi connectivity index (χ3n) is 2.80. The number of aromatic nitrogens is 2. The number of urea groups is 1. The Bertz CT molecular complexity index is 443. The van der Waals surface area contributed by atoms with Crippen molar-refractivity contribution < 1.29 is 4.79 Å². The van der Waals surface area contributed by atoms with Gasteiger partial charge in [-0.25, -0.2) is 9.78 Å². The van der Waals surface area contributed by atoms with Crippen LogP contribution in [-0.2, 0) is 6.54 Å². The molecular weight excluding hydrogens is 206 g/mol. The third kappa shape index (κ3) is 1.56. The van der Waals surface area contributed by atoms with Gasteiger partial charge in [-0.2, -0.15) is 4.98 Å². The van der Waals surface area contributed by atoms with E-state index in [-0.39, 0.29) is 6.03 Å². The maximum Gasteiger partial charge on any atom is 0.323 e. The molecule has 6 heteroatoms. The van der Waals surface area contributed by atoms with E-state index in [0.29, 0.717) is 24.4 Å². The molecule has 16 heavy (non-hydrogen) atoms. The summed E-state index contributed by atoms with van der Waals surface area (Å²) in [5.74, 6) is 1.31. The van der Waals surface area contributed by atoms with Gasteiger partial charge in [0.15, 0.2) is 0 Å². The summed E-state index contributed by atoms with van der Waals surface area (Å²) in [6.07, 6.45) is 4.12. The Hall–Kier alpha value is -1.85. The monoisotopic (exact) mass is 219 g/mol. The van der Waals surface area contributed by atoms with Gasteiger partial charge in [0.25, 0.3) is 0 Å². The van der Waals surface area contributed by atoms with Crippen LogP contribution >= 0.6 is 0 Å². The topological polar surface area (TPSA) is 70.2 Å². The van der Waals surface area contributed by atoms with Gasteiger partial charge in [-0.05, 0) is 12.8 Å². The van der Waals surface area contributed by atoms with Crippen LogP contribution in [0.2, 0.25) is 0 Å². The van der Waals surface area contributed by atoms with Crippen molar-refractivity contribution in [2.45, 2.75) is 25.4 Å². The number of nitrogens with one attached hydrogen (secondary N) is 2. The van der Waals surface area contributed by atoms with Crippen LogP contribution in [0, 0.1) is 0 Å². The maximum atomic E-state index is 11.4. The first-order chi connectivity index (χ1) is 7.74. The fourth-order valence-electron chi connectivity index (χ4n) is 1.68. The Kier molecular flexibility index (Phi) is 1.95. The first-order valence-corrected chi connectivity index (χ1v) is 5.38. The Morgan fingerprint density at radius 1 is 1.56 bits per heavy atom. The van der Waals surface area contributed by atoms with Gasteiger partial charge in [0.2, 0.25) is 5.95 Å². The van der Waals surface area contributed by atoms with E-state index in [9.17, 15) is 4.79 Å². The molecular formula is C10H13N5O. The standard InChI is InChI=1S/C10H13N5O/c1-15-8-6(5-12-10(15)16)4-11-9(14-8)13-7-2-3-7/h4,7H,2-3,5H2,1H3,(H,12,16)(H,11,13,14).